The summed E-state index contributed by atoms with van der Waals surface area (Å²) in [5, 5.41) is 4.63. The first-order valence-electron chi connectivity index (χ1n) is 6.89. The monoisotopic (exact) mass is 305 g/mol. The molecule has 0 saturated heterocycles. The predicted octanol–water partition coefficient (Wildman–Crippen LogP) is 4.98. The minimum absolute atomic E-state index is 0.308. The number of halogens is 2. The maximum Gasteiger partial charge on any atom is 0.0595 e. The van der Waals surface area contributed by atoms with Crippen LogP contribution in [0.3, 0.4) is 0 Å². The molecule has 0 bridgehead atoms. The lowest BCUT2D eigenvalue weighted by molar-refractivity contribution is 0.452. The fraction of sp³-hybridized carbons (Fsp3) is 0.294. The van der Waals surface area contributed by atoms with Crippen LogP contribution in [0.5, 0.6) is 0 Å². The van der Waals surface area contributed by atoms with E-state index in [0.717, 1.165) is 6.42 Å². The zero-order valence-electron chi connectivity index (χ0n) is 11.4. The number of hydrogen-bond donors (Lipinski definition) is 1. The molecule has 0 fully saturated rings. The van der Waals surface area contributed by atoms with Crippen molar-refractivity contribution in [3.8, 4) is 0 Å². The molecule has 0 aromatic heterocycles. The summed E-state index contributed by atoms with van der Waals surface area (Å²) in [7, 11) is 2.00. The van der Waals surface area contributed by atoms with Crippen LogP contribution in [-0.2, 0) is 6.42 Å². The van der Waals surface area contributed by atoms with Crippen LogP contribution < -0.4 is 5.32 Å². The number of hydrogen-bond acceptors (Lipinski definition) is 1. The van der Waals surface area contributed by atoms with Crippen LogP contribution in [0.1, 0.15) is 35.1 Å². The Labute approximate surface area is 129 Å². The SMILES string of the molecule is CNC(CC1Cc2ccccc21)c1ccc(Cl)c(Cl)c1. The summed E-state index contributed by atoms with van der Waals surface area (Å²) >= 11 is 12.1. The lowest BCUT2D eigenvalue weighted by Crippen LogP contribution is -2.25. The number of benzene rings is 2. The van der Waals surface area contributed by atoms with Crippen molar-refractivity contribution < 1.29 is 0 Å². The third-order valence-corrected chi connectivity index (χ3v) is 4.91. The van der Waals surface area contributed by atoms with E-state index >= 15 is 0 Å². The summed E-state index contributed by atoms with van der Waals surface area (Å²) in [5.74, 6) is 0.637. The Morgan fingerprint density at radius 3 is 2.65 bits per heavy atom. The standard InChI is InChI=1S/C17H17Cl2N/c1-20-17(12-6-7-15(18)16(19)9-12)10-13-8-11-4-2-3-5-14(11)13/h2-7,9,13,17,20H,8,10H2,1H3. The highest BCUT2D eigenvalue weighted by atomic mass is 35.5. The minimum Gasteiger partial charge on any atom is -0.313 e. The first-order chi connectivity index (χ1) is 9.69. The molecule has 1 aliphatic carbocycles. The summed E-state index contributed by atoms with van der Waals surface area (Å²) in [4.78, 5) is 0. The van der Waals surface area contributed by atoms with Gasteiger partial charge in [-0.05, 0) is 54.6 Å². The fourth-order valence-corrected chi connectivity index (χ4v) is 3.31. The molecule has 0 heterocycles. The average Bonchev–Trinajstić information content (AvgIpc) is 2.44. The number of fused-ring (bicyclic) bond motifs is 1. The summed E-state index contributed by atoms with van der Waals surface area (Å²) in [6.45, 7) is 0. The zero-order valence-corrected chi connectivity index (χ0v) is 12.9. The third-order valence-electron chi connectivity index (χ3n) is 4.18. The van der Waals surface area contributed by atoms with Gasteiger partial charge in [-0.1, -0.05) is 53.5 Å². The molecule has 0 saturated carbocycles. The largest absolute Gasteiger partial charge is 0.313 e. The van der Waals surface area contributed by atoms with E-state index in [1.807, 2.05) is 19.2 Å². The Morgan fingerprint density at radius 2 is 1.95 bits per heavy atom. The van der Waals surface area contributed by atoms with E-state index in [1.165, 1.54) is 23.1 Å². The summed E-state index contributed by atoms with van der Waals surface area (Å²) in [6.07, 6.45) is 2.27. The first-order valence-corrected chi connectivity index (χ1v) is 7.64. The smallest absolute Gasteiger partial charge is 0.0595 e. The molecule has 1 nitrogen and oxygen atoms in total. The second kappa shape index (κ2) is 5.77. The van der Waals surface area contributed by atoms with E-state index in [1.54, 1.807) is 0 Å². The first kappa shape index (κ1) is 13.9. The number of rotatable bonds is 4. The minimum atomic E-state index is 0.308. The van der Waals surface area contributed by atoms with Crippen molar-refractivity contribution in [3.05, 3.63) is 69.2 Å². The van der Waals surface area contributed by atoms with Crippen LogP contribution in [0, 0.1) is 0 Å². The molecule has 2 unspecified atom stereocenters. The maximum atomic E-state index is 6.12. The molecule has 2 atom stereocenters. The molecule has 2 aromatic rings. The van der Waals surface area contributed by atoms with Crippen molar-refractivity contribution in [3.63, 3.8) is 0 Å². The van der Waals surface area contributed by atoms with Gasteiger partial charge in [0.15, 0.2) is 0 Å². The molecule has 0 amide bonds. The lowest BCUT2D eigenvalue weighted by atomic mass is 9.74. The van der Waals surface area contributed by atoms with Gasteiger partial charge >= 0.3 is 0 Å². The highest BCUT2D eigenvalue weighted by Gasteiger charge is 2.28. The van der Waals surface area contributed by atoms with Gasteiger partial charge in [0.25, 0.3) is 0 Å². The van der Waals surface area contributed by atoms with Gasteiger partial charge in [0, 0.05) is 6.04 Å². The molecular weight excluding hydrogens is 289 g/mol. The molecular formula is C17H17Cl2N. The van der Waals surface area contributed by atoms with E-state index in [4.69, 9.17) is 23.2 Å². The van der Waals surface area contributed by atoms with Crippen molar-refractivity contribution in [2.75, 3.05) is 7.05 Å². The Bertz CT molecular complexity index is 624. The van der Waals surface area contributed by atoms with Gasteiger partial charge in [0.05, 0.1) is 10.0 Å². The molecule has 104 valence electrons. The summed E-state index contributed by atoms with van der Waals surface area (Å²) in [6, 6.07) is 14.9. The molecule has 3 rings (SSSR count). The van der Waals surface area contributed by atoms with Crippen LogP contribution >= 0.6 is 23.2 Å². The Balaban J connectivity index is 1.77. The van der Waals surface area contributed by atoms with E-state index in [-0.39, 0.29) is 0 Å². The maximum absolute atomic E-state index is 6.12. The topological polar surface area (TPSA) is 12.0 Å². The molecule has 1 N–H and O–H groups in total. The van der Waals surface area contributed by atoms with Gasteiger partial charge in [-0.15, -0.1) is 0 Å². The molecule has 2 aromatic carbocycles. The zero-order chi connectivity index (χ0) is 14.1. The molecule has 20 heavy (non-hydrogen) atoms. The van der Waals surface area contributed by atoms with E-state index in [0.29, 0.717) is 22.0 Å². The normalized spacial score (nSPS) is 18.2. The van der Waals surface area contributed by atoms with E-state index in [9.17, 15) is 0 Å². The average molecular weight is 306 g/mol. The van der Waals surface area contributed by atoms with Gasteiger partial charge in [0.2, 0.25) is 0 Å². The van der Waals surface area contributed by atoms with Crippen LogP contribution in [0.25, 0.3) is 0 Å². The van der Waals surface area contributed by atoms with Crippen molar-refractivity contribution in [1.82, 2.24) is 5.32 Å². The predicted molar refractivity (Wildman–Crippen MR) is 85.8 cm³/mol. The van der Waals surface area contributed by atoms with Crippen LogP contribution in [0.2, 0.25) is 10.0 Å². The van der Waals surface area contributed by atoms with Crippen molar-refractivity contribution in [1.29, 1.82) is 0 Å². The van der Waals surface area contributed by atoms with Crippen LogP contribution in [-0.4, -0.2) is 7.05 Å². The summed E-state index contributed by atoms with van der Waals surface area (Å²) < 4.78 is 0. The van der Waals surface area contributed by atoms with Crippen LogP contribution in [0.4, 0.5) is 0 Å². The highest BCUT2D eigenvalue weighted by molar-refractivity contribution is 6.42. The molecule has 0 radical (unpaired) electrons. The second-order valence-corrected chi connectivity index (χ2v) is 6.16. The Kier molecular flexibility index (Phi) is 4.02. The third kappa shape index (κ3) is 2.58. The Morgan fingerprint density at radius 1 is 1.15 bits per heavy atom. The molecule has 1 aliphatic rings. The van der Waals surface area contributed by atoms with Crippen LogP contribution in [0.15, 0.2) is 42.5 Å². The van der Waals surface area contributed by atoms with Crippen molar-refractivity contribution in [2.45, 2.75) is 24.8 Å². The van der Waals surface area contributed by atoms with Gasteiger partial charge in [-0.25, -0.2) is 0 Å². The molecule has 3 heteroatoms. The van der Waals surface area contributed by atoms with Gasteiger partial charge in [-0.2, -0.15) is 0 Å². The number of nitrogens with one attached hydrogen (secondary N) is 1. The van der Waals surface area contributed by atoms with Gasteiger partial charge in [0.1, 0.15) is 0 Å². The quantitative estimate of drug-likeness (QED) is 0.839. The van der Waals surface area contributed by atoms with E-state index < -0.39 is 0 Å². The van der Waals surface area contributed by atoms with Gasteiger partial charge < -0.3 is 5.32 Å². The van der Waals surface area contributed by atoms with Crippen molar-refractivity contribution >= 4 is 23.2 Å². The second-order valence-electron chi connectivity index (χ2n) is 5.35. The highest BCUT2D eigenvalue weighted by Crippen LogP contribution is 2.41. The fourth-order valence-electron chi connectivity index (χ4n) is 3.01. The van der Waals surface area contributed by atoms with Gasteiger partial charge in [-0.3, -0.25) is 0 Å². The lowest BCUT2D eigenvalue weighted by Gasteiger charge is -2.33. The van der Waals surface area contributed by atoms with Crippen molar-refractivity contribution in [2.24, 2.45) is 0 Å². The van der Waals surface area contributed by atoms with E-state index in [2.05, 4.69) is 35.6 Å². The Hall–Kier alpha value is -1.02. The molecule has 0 aliphatic heterocycles. The summed E-state index contributed by atoms with van der Waals surface area (Å²) in [5.41, 5.74) is 4.18. The molecule has 0 spiro atoms.